The third-order valence-electron chi connectivity index (χ3n) is 2.14. The minimum absolute atomic E-state index is 0.407. The van der Waals surface area contributed by atoms with Crippen LogP contribution in [0.25, 0.3) is 0 Å². The molecular weight excluding hydrogens is 124 g/mol. The molecule has 2 unspecified atom stereocenters. The first-order valence-electron chi connectivity index (χ1n) is 3.94. The number of carbonyl (C=O) groups excluding carboxylic acids is 1. The van der Waals surface area contributed by atoms with Gasteiger partial charge in [0.1, 0.15) is 6.29 Å². The van der Waals surface area contributed by atoms with Crippen LogP contribution in [0.1, 0.15) is 25.7 Å². The van der Waals surface area contributed by atoms with Crippen LogP contribution in [0.15, 0.2) is 12.7 Å². The van der Waals surface area contributed by atoms with Gasteiger partial charge in [-0.2, -0.15) is 0 Å². The monoisotopic (exact) mass is 138 g/mol. The number of aldehydes is 1. The van der Waals surface area contributed by atoms with E-state index in [4.69, 9.17) is 0 Å². The number of unbranched alkanes of at least 4 members (excludes halogenated alkanes) is 1. The van der Waals surface area contributed by atoms with Crippen molar-refractivity contribution in [1.82, 2.24) is 0 Å². The van der Waals surface area contributed by atoms with Gasteiger partial charge in [0.05, 0.1) is 0 Å². The maximum absolute atomic E-state index is 10.2. The molecule has 0 spiro atoms. The summed E-state index contributed by atoms with van der Waals surface area (Å²) in [6, 6.07) is 0. The van der Waals surface area contributed by atoms with Crippen LogP contribution in [0.2, 0.25) is 0 Å². The smallest absolute Gasteiger partial charge is 0.123 e. The van der Waals surface area contributed by atoms with Crippen molar-refractivity contribution in [2.24, 2.45) is 11.8 Å². The first-order valence-corrected chi connectivity index (χ1v) is 3.94. The summed E-state index contributed by atoms with van der Waals surface area (Å²) in [5, 5.41) is 0. The van der Waals surface area contributed by atoms with Crippen molar-refractivity contribution in [3.63, 3.8) is 0 Å². The van der Waals surface area contributed by atoms with Gasteiger partial charge in [-0.15, -0.1) is 6.58 Å². The van der Waals surface area contributed by atoms with Gasteiger partial charge >= 0.3 is 0 Å². The van der Waals surface area contributed by atoms with Gasteiger partial charge in [-0.05, 0) is 31.6 Å². The van der Waals surface area contributed by atoms with Gasteiger partial charge in [-0.3, -0.25) is 0 Å². The van der Waals surface area contributed by atoms with Crippen LogP contribution in [-0.2, 0) is 4.79 Å². The van der Waals surface area contributed by atoms with E-state index < -0.39 is 0 Å². The fraction of sp³-hybridized carbons (Fsp3) is 0.667. The van der Waals surface area contributed by atoms with E-state index in [-0.39, 0.29) is 0 Å². The number of hydrogen-bond acceptors (Lipinski definition) is 1. The van der Waals surface area contributed by atoms with Crippen molar-refractivity contribution in [3.8, 4) is 0 Å². The fourth-order valence-electron chi connectivity index (χ4n) is 1.29. The Balaban J connectivity index is 1.96. The van der Waals surface area contributed by atoms with Gasteiger partial charge < -0.3 is 4.79 Å². The highest BCUT2D eigenvalue weighted by Crippen LogP contribution is 2.40. The lowest BCUT2D eigenvalue weighted by Gasteiger charge is -1.92. The predicted molar refractivity (Wildman–Crippen MR) is 41.7 cm³/mol. The molecule has 0 bridgehead atoms. The highest BCUT2D eigenvalue weighted by Gasteiger charge is 2.35. The molecule has 0 N–H and O–H groups in total. The summed E-state index contributed by atoms with van der Waals surface area (Å²) in [4.78, 5) is 10.2. The van der Waals surface area contributed by atoms with Crippen molar-refractivity contribution >= 4 is 6.29 Å². The molecule has 2 atom stereocenters. The summed E-state index contributed by atoms with van der Waals surface area (Å²) >= 11 is 0. The number of allylic oxidation sites excluding steroid dienone is 1. The average Bonchev–Trinajstić information content (AvgIpc) is 2.68. The van der Waals surface area contributed by atoms with Gasteiger partial charge in [-0.1, -0.05) is 6.08 Å². The van der Waals surface area contributed by atoms with Gasteiger partial charge in [0.2, 0.25) is 0 Å². The van der Waals surface area contributed by atoms with Crippen LogP contribution in [0.4, 0.5) is 0 Å². The van der Waals surface area contributed by atoms with Crippen molar-refractivity contribution in [1.29, 1.82) is 0 Å². The molecule has 0 amide bonds. The molecule has 0 heterocycles. The number of hydrogen-bond donors (Lipinski definition) is 0. The molecule has 1 saturated carbocycles. The zero-order valence-electron chi connectivity index (χ0n) is 6.25. The Kier molecular flexibility index (Phi) is 2.67. The largest absolute Gasteiger partial charge is 0.303 e. The molecule has 56 valence electrons. The van der Waals surface area contributed by atoms with Gasteiger partial charge in [0.15, 0.2) is 0 Å². The van der Waals surface area contributed by atoms with Crippen molar-refractivity contribution in [2.45, 2.75) is 25.7 Å². The molecule has 0 aliphatic heterocycles. The van der Waals surface area contributed by atoms with Gasteiger partial charge in [-0.25, -0.2) is 0 Å². The molecule has 0 saturated heterocycles. The van der Waals surface area contributed by atoms with E-state index >= 15 is 0 Å². The van der Waals surface area contributed by atoms with E-state index in [0.29, 0.717) is 5.92 Å². The summed E-state index contributed by atoms with van der Waals surface area (Å²) in [5.41, 5.74) is 0. The van der Waals surface area contributed by atoms with Crippen LogP contribution in [-0.4, -0.2) is 6.29 Å². The van der Waals surface area contributed by atoms with Crippen LogP contribution < -0.4 is 0 Å². The molecule has 1 aliphatic carbocycles. The molecule has 0 aromatic rings. The Labute approximate surface area is 62.1 Å². The van der Waals surface area contributed by atoms with Crippen LogP contribution in [0.3, 0.4) is 0 Å². The second-order valence-electron chi connectivity index (χ2n) is 3.02. The summed E-state index contributed by atoms with van der Waals surface area (Å²) in [6.07, 6.45) is 7.70. The third kappa shape index (κ3) is 1.98. The molecule has 1 nitrogen and oxygen atoms in total. The van der Waals surface area contributed by atoms with E-state index in [1.54, 1.807) is 0 Å². The minimum atomic E-state index is 0.407. The normalized spacial score (nSPS) is 29.6. The third-order valence-corrected chi connectivity index (χ3v) is 2.14. The minimum Gasteiger partial charge on any atom is -0.303 e. The standard InChI is InChI=1S/C9H14O/c1-2-3-4-5-8-6-9(8)7-10/h2,7-9H,1,3-6H2. The van der Waals surface area contributed by atoms with Crippen molar-refractivity contribution in [3.05, 3.63) is 12.7 Å². The van der Waals surface area contributed by atoms with Crippen LogP contribution in [0, 0.1) is 11.8 Å². The SMILES string of the molecule is C=CCCCC1CC1C=O. The lowest BCUT2D eigenvalue weighted by molar-refractivity contribution is -0.109. The number of rotatable bonds is 5. The quantitative estimate of drug-likeness (QED) is 0.323. The molecule has 1 rings (SSSR count). The Morgan fingerprint density at radius 1 is 1.60 bits per heavy atom. The van der Waals surface area contributed by atoms with Gasteiger partial charge in [0, 0.05) is 5.92 Å². The van der Waals surface area contributed by atoms with E-state index in [2.05, 4.69) is 6.58 Å². The predicted octanol–water partition coefficient (Wildman–Crippen LogP) is 2.18. The van der Waals surface area contributed by atoms with E-state index in [9.17, 15) is 4.79 Å². The Bertz CT molecular complexity index is 129. The van der Waals surface area contributed by atoms with Crippen molar-refractivity contribution in [2.75, 3.05) is 0 Å². The first kappa shape index (κ1) is 7.52. The van der Waals surface area contributed by atoms with E-state index in [1.807, 2.05) is 6.08 Å². The van der Waals surface area contributed by atoms with Crippen LogP contribution in [0.5, 0.6) is 0 Å². The molecule has 1 fully saturated rings. The Morgan fingerprint density at radius 3 is 2.90 bits per heavy atom. The molecule has 1 heteroatoms. The average molecular weight is 138 g/mol. The lowest BCUT2D eigenvalue weighted by Crippen LogP contribution is -1.83. The van der Waals surface area contributed by atoms with Gasteiger partial charge in [0.25, 0.3) is 0 Å². The summed E-state index contributed by atoms with van der Waals surface area (Å²) in [7, 11) is 0. The summed E-state index contributed by atoms with van der Waals surface area (Å²) in [5.74, 6) is 1.13. The number of carbonyl (C=O) groups is 1. The fourth-order valence-corrected chi connectivity index (χ4v) is 1.29. The first-order chi connectivity index (χ1) is 4.88. The Hall–Kier alpha value is -0.590. The molecule has 0 aromatic heterocycles. The highest BCUT2D eigenvalue weighted by molar-refractivity contribution is 5.58. The lowest BCUT2D eigenvalue weighted by atomic mass is 10.1. The Morgan fingerprint density at radius 2 is 2.40 bits per heavy atom. The topological polar surface area (TPSA) is 17.1 Å². The zero-order valence-corrected chi connectivity index (χ0v) is 6.25. The van der Waals surface area contributed by atoms with Crippen LogP contribution >= 0.6 is 0 Å². The molecular formula is C9H14O. The zero-order chi connectivity index (χ0) is 7.40. The second kappa shape index (κ2) is 3.55. The molecule has 0 radical (unpaired) electrons. The second-order valence-corrected chi connectivity index (χ2v) is 3.02. The molecule has 1 aliphatic rings. The molecule has 0 aromatic carbocycles. The molecule has 10 heavy (non-hydrogen) atoms. The maximum atomic E-state index is 10.2. The van der Waals surface area contributed by atoms with Crippen molar-refractivity contribution < 1.29 is 4.79 Å². The van der Waals surface area contributed by atoms with E-state index in [0.717, 1.165) is 25.0 Å². The van der Waals surface area contributed by atoms with E-state index in [1.165, 1.54) is 12.8 Å². The summed E-state index contributed by atoms with van der Waals surface area (Å²) in [6.45, 7) is 3.65. The maximum Gasteiger partial charge on any atom is 0.123 e. The highest BCUT2D eigenvalue weighted by atomic mass is 16.1. The summed E-state index contributed by atoms with van der Waals surface area (Å²) < 4.78 is 0.